The normalized spacial score (nSPS) is 16.4. The fraction of sp³-hybridized carbons (Fsp3) is 0.412. The van der Waals surface area contributed by atoms with E-state index in [4.69, 9.17) is 14.0 Å². The number of aryl methyl sites for hydroxylation is 1. The molecule has 2 N–H and O–H groups in total. The van der Waals surface area contributed by atoms with Crippen molar-refractivity contribution in [3.8, 4) is 11.5 Å². The van der Waals surface area contributed by atoms with Gasteiger partial charge < -0.3 is 24.2 Å². The fourth-order valence-corrected chi connectivity index (χ4v) is 3.02. The molecule has 1 amide bonds. The summed E-state index contributed by atoms with van der Waals surface area (Å²) >= 11 is 0. The van der Waals surface area contributed by atoms with Crippen molar-refractivity contribution in [1.82, 2.24) is 5.16 Å². The Morgan fingerprint density at radius 1 is 1.25 bits per heavy atom. The Labute approximate surface area is 140 Å². The first-order valence-electron chi connectivity index (χ1n) is 7.89. The molecule has 1 atom stereocenters. The Kier molecular flexibility index (Phi) is 4.71. The highest BCUT2D eigenvalue weighted by Gasteiger charge is 2.24. The average molecular weight is 332 g/mol. The predicted molar refractivity (Wildman–Crippen MR) is 87.5 cm³/mol. The first kappa shape index (κ1) is 16.3. The number of hydrogen-bond acceptors (Lipinski definition) is 5. The van der Waals surface area contributed by atoms with Gasteiger partial charge in [0.1, 0.15) is 12.3 Å². The molecule has 1 aliphatic rings. The maximum atomic E-state index is 12.2. The molecule has 0 radical (unpaired) electrons. The molecule has 2 aromatic rings. The lowest BCUT2D eigenvalue weighted by Gasteiger charge is -2.26. The summed E-state index contributed by atoms with van der Waals surface area (Å²) in [7, 11) is 3.27. The Morgan fingerprint density at radius 3 is 2.58 bits per heavy atom. The second-order valence-electron chi connectivity index (χ2n) is 5.95. The van der Waals surface area contributed by atoms with Crippen LogP contribution in [0.15, 0.2) is 22.7 Å². The Balaban J connectivity index is 1.65. The first-order valence-corrected chi connectivity index (χ1v) is 7.89. The number of quaternary nitrogens is 1. The van der Waals surface area contributed by atoms with Crippen LogP contribution in [0, 0.1) is 6.92 Å². The number of carbonyl (C=O) groups excluding carboxylic acids is 1. The second kappa shape index (κ2) is 6.92. The van der Waals surface area contributed by atoms with Crippen LogP contribution in [0.2, 0.25) is 0 Å². The smallest absolute Gasteiger partial charge is 0.280 e. The van der Waals surface area contributed by atoms with E-state index in [9.17, 15) is 4.79 Å². The van der Waals surface area contributed by atoms with E-state index in [2.05, 4.69) is 10.5 Å². The summed E-state index contributed by atoms with van der Waals surface area (Å²) in [6.07, 6.45) is 0.904. The summed E-state index contributed by atoms with van der Waals surface area (Å²) in [5.74, 6) is 2.53. The minimum Gasteiger partial charge on any atom is -0.493 e. The van der Waals surface area contributed by atoms with E-state index < -0.39 is 0 Å². The van der Waals surface area contributed by atoms with Gasteiger partial charge in [0.2, 0.25) is 0 Å². The molecule has 1 aromatic carbocycles. The van der Waals surface area contributed by atoms with Crippen LogP contribution in [0.25, 0.3) is 0 Å². The predicted octanol–water partition coefficient (Wildman–Crippen LogP) is 0.580. The number of nitrogens with one attached hydrogen (secondary N) is 2. The highest BCUT2D eigenvalue weighted by Crippen LogP contribution is 2.31. The van der Waals surface area contributed by atoms with Crippen LogP contribution in [0.3, 0.4) is 0 Å². The molecule has 1 aliphatic heterocycles. The SMILES string of the molecule is COc1cc2c(cc1OC)C[NH+](CC(=O)Nc1cc(C)on1)CC2. The van der Waals surface area contributed by atoms with Gasteiger partial charge >= 0.3 is 0 Å². The van der Waals surface area contributed by atoms with E-state index in [-0.39, 0.29) is 5.91 Å². The van der Waals surface area contributed by atoms with Gasteiger partial charge in [0.05, 0.1) is 20.8 Å². The number of aromatic nitrogens is 1. The number of rotatable bonds is 5. The van der Waals surface area contributed by atoms with E-state index in [1.807, 2.05) is 12.1 Å². The van der Waals surface area contributed by atoms with Gasteiger partial charge in [-0.25, -0.2) is 0 Å². The Bertz CT molecular complexity index is 741. The van der Waals surface area contributed by atoms with E-state index in [1.165, 1.54) is 16.0 Å². The van der Waals surface area contributed by atoms with Crippen molar-refractivity contribution < 1.29 is 23.7 Å². The molecule has 24 heavy (non-hydrogen) atoms. The van der Waals surface area contributed by atoms with Gasteiger partial charge in [-0.15, -0.1) is 0 Å². The molecule has 3 rings (SSSR count). The van der Waals surface area contributed by atoms with Crippen molar-refractivity contribution in [2.75, 3.05) is 32.6 Å². The van der Waals surface area contributed by atoms with Gasteiger partial charge in [-0.05, 0) is 24.6 Å². The average Bonchev–Trinajstić information content (AvgIpc) is 2.98. The quantitative estimate of drug-likeness (QED) is 0.837. The number of carbonyl (C=O) groups is 1. The van der Waals surface area contributed by atoms with Crippen LogP contribution in [-0.2, 0) is 17.8 Å². The first-order chi connectivity index (χ1) is 11.6. The Hall–Kier alpha value is -2.54. The number of benzene rings is 1. The molecule has 0 saturated heterocycles. The number of nitrogens with zero attached hydrogens (tertiary/aromatic N) is 1. The molecule has 1 aromatic heterocycles. The zero-order valence-electron chi connectivity index (χ0n) is 14.1. The number of ether oxygens (including phenoxy) is 2. The topological polar surface area (TPSA) is 78.0 Å². The zero-order chi connectivity index (χ0) is 17.1. The summed E-state index contributed by atoms with van der Waals surface area (Å²) < 4.78 is 15.7. The van der Waals surface area contributed by atoms with Crippen LogP contribution in [-0.4, -0.2) is 38.4 Å². The number of hydrogen-bond donors (Lipinski definition) is 2. The lowest BCUT2D eigenvalue weighted by atomic mass is 9.99. The molecule has 0 spiro atoms. The number of anilines is 1. The van der Waals surface area contributed by atoms with Gasteiger partial charge in [0, 0.05) is 18.1 Å². The third-order valence-electron chi connectivity index (χ3n) is 4.20. The molecule has 7 nitrogen and oxygen atoms in total. The molecule has 0 bridgehead atoms. The molecule has 128 valence electrons. The molecule has 0 saturated carbocycles. The largest absolute Gasteiger partial charge is 0.493 e. The molecular weight excluding hydrogens is 310 g/mol. The summed E-state index contributed by atoms with van der Waals surface area (Å²) in [6.45, 7) is 3.85. The van der Waals surface area contributed by atoms with Crippen LogP contribution < -0.4 is 19.7 Å². The maximum Gasteiger partial charge on any atom is 0.280 e. The number of fused-ring (bicyclic) bond motifs is 1. The van der Waals surface area contributed by atoms with Gasteiger partial charge in [-0.1, -0.05) is 5.16 Å². The molecule has 2 heterocycles. The lowest BCUT2D eigenvalue weighted by Crippen LogP contribution is -3.12. The molecule has 0 aliphatic carbocycles. The van der Waals surface area contributed by atoms with Crippen LogP contribution >= 0.6 is 0 Å². The Morgan fingerprint density at radius 2 is 1.96 bits per heavy atom. The number of methoxy groups -OCH3 is 2. The highest BCUT2D eigenvalue weighted by atomic mass is 16.5. The zero-order valence-corrected chi connectivity index (χ0v) is 14.1. The molecule has 7 heteroatoms. The van der Waals surface area contributed by atoms with Gasteiger partial charge in [0.15, 0.2) is 23.9 Å². The van der Waals surface area contributed by atoms with Crippen LogP contribution in [0.4, 0.5) is 5.82 Å². The van der Waals surface area contributed by atoms with E-state index in [0.717, 1.165) is 31.0 Å². The number of amides is 1. The summed E-state index contributed by atoms with van der Waals surface area (Å²) in [4.78, 5) is 13.4. The van der Waals surface area contributed by atoms with Gasteiger partial charge in [0.25, 0.3) is 5.91 Å². The molecule has 1 unspecified atom stereocenters. The van der Waals surface area contributed by atoms with Crippen molar-refractivity contribution in [2.45, 2.75) is 19.9 Å². The maximum absolute atomic E-state index is 12.2. The van der Waals surface area contributed by atoms with Crippen molar-refractivity contribution in [3.63, 3.8) is 0 Å². The highest BCUT2D eigenvalue weighted by molar-refractivity contribution is 5.90. The standard InChI is InChI=1S/C17H21N3O4/c1-11-6-16(19-24-11)18-17(21)10-20-5-4-12-7-14(22-2)15(23-3)8-13(12)9-20/h6-8H,4-5,9-10H2,1-3H3,(H,18,19,21)/p+1. The lowest BCUT2D eigenvalue weighted by molar-refractivity contribution is -0.907. The van der Waals surface area contributed by atoms with Gasteiger partial charge in [-0.2, -0.15) is 0 Å². The second-order valence-corrected chi connectivity index (χ2v) is 5.95. The van der Waals surface area contributed by atoms with E-state index in [1.54, 1.807) is 27.2 Å². The van der Waals surface area contributed by atoms with Crippen LogP contribution in [0.1, 0.15) is 16.9 Å². The van der Waals surface area contributed by atoms with E-state index >= 15 is 0 Å². The van der Waals surface area contributed by atoms with Crippen molar-refractivity contribution in [3.05, 3.63) is 35.1 Å². The summed E-state index contributed by atoms with van der Waals surface area (Å²) in [5, 5.41) is 6.55. The van der Waals surface area contributed by atoms with Crippen molar-refractivity contribution >= 4 is 11.7 Å². The summed E-state index contributed by atoms with van der Waals surface area (Å²) in [6, 6.07) is 5.74. The third-order valence-corrected chi connectivity index (χ3v) is 4.20. The third kappa shape index (κ3) is 3.51. The van der Waals surface area contributed by atoms with Crippen molar-refractivity contribution in [2.24, 2.45) is 0 Å². The minimum atomic E-state index is -0.0674. The minimum absolute atomic E-state index is 0.0674. The fourth-order valence-electron chi connectivity index (χ4n) is 3.02. The van der Waals surface area contributed by atoms with Crippen molar-refractivity contribution in [1.29, 1.82) is 0 Å². The van der Waals surface area contributed by atoms with E-state index in [0.29, 0.717) is 18.1 Å². The van der Waals surface area contributed by atoms with Crippen LogP contribution in [0.5, 0.6) is 11.5 Å². The van der Waals surface area contributed by atoms with Gasteiger partial charge in [-0.3, -0.25) is 4.79 Å². The molecular formula is C17H22N3O4+. The summed E-state index contributed by atoms with van der Waals surface area (Å²) in [5.41, 5.74) is 2.45. The molecule has 0 fully saturated rings. The monoisotopic (exact) mass is 332 g/mol.